The first-order valence-corrected chi connectivity index (χ1v) is 9.47. The van der Waals surface area contributed by atoms with Crippen LogP contribution in [-0.2, 0) is 20.7 Å². The molecule has 0 aliphatic carbocycles. The van der Waals surface area contributed by atoms with Crippen molar-refractivity contribution in [2.75, 3.05) is 19.8 Å². The first-order valence-electron chi connectivity index (χ1n) is 8.66. The summed E-state index contributed by atoms with van der Waals surface area (Å²) < 4.78 is 10.6. The molecule has 6 nitrogen and oxygen atoms in total. The molecular weight excluding hydrogens is 366 g/mol. The normalized spacial score (nSPS) is 10.3. The molecule has 2 rings (SSSR count). The van der Waals surface area contributed by atoms with Crippen LogP contribution >= 0.6 is 11.3 Å². The van der Waals surface area contributed by atoms with Crippen LogP contribution in [0, 0.1) is 6.92 Å². The number of ether oxygens (including phenoxy) is 2. The predicted molar refractivity (Wildman–Crippen MR) is 103 cm³/mol. The summed E-state index contributed by atoms with van der Waals surface area (Å²) in [5, 5.41) is 2.71. The molecule has 2 aromatic rings. The van der Waals surface area contributed by atoms with Crippen molar-refractivity contribution in [2.45, 2.75) is 26.7 Å². The zero-order chi connectivity index (χ0) is 19.6. The van der Waals surface area contributed by atoms with Gasteiger partial charge in [0, 0.05) is 18.3 Å². The summed E-state index contributed by atoms with van der Waals surface area (Å²) in [6.07, 6.45) is 0.738. The highest BCUT2D eigenvalue weighted by Crippen LogP contribution is 2.18. The van der Waals surface area contributed by atoms with Gasteiger partial charge in [-0.3, -0.25) is 14.4 Å². The highest BCUT2D eigenvalue weighted by molar-refractivity contribution is 7.14. The number of thiophene rings is 1. The van der Waals surface area contributed by atoms with Gasteiger partial charge in [-0.05, 0) is 37.1 Å². The zero-order valence-corrected chi connectivity index (χ0v) is 16.3. The van der Waals surface area contributed by atoms with Crippen LogP contribution in [0.4, 0.5) is 0 Å². The van der Waals surface area contributed by atoms with Gasteiger partial charge in [-0.25, -0.2) is 0 Å². The summed E-state index contributed by atoms with van der Waals surface area (Å²) >= 11 is 1.34. The van der Waals surface area contributed by atoms with Gasteiger partial charge in [-0.15, -0.1) is 11.3 Å². The lowest BCUT2D eigenvalue weighted by molar-refractivity contribution is -0.143. The Morgan fingerprint density at radius 2 is 1.89 bits per heavy atom. The Hall–Kier alpha value is -2.67. The Morgan fingerprint density at radius 1 is 1.11 bits per heavy atom. The number of Topliss-reactive ketones (excluding diaryl/α,β-unsaturated/α-hetero) is 1. The van der Waals surface area contributed by atoms with Crippen LogP contribution in [0.3, 0.4) is 0 Å². The molecule has 0 aliphatic rings. The molecule has 1 aromatic carbocycles. The predicted octanol–water partition coefficient (Wildman–Crippen LogP) is 2.93. The molecule has 0 saturated carbocycles. The fraction of sp³-hybridized carbons (Fsp3) is 0.350. The number of amides is 1. The van der Waals surface area contributed by atoms with Crippen LogP contribution in [0.5, 0.6) is 5.75 Å². The van der Waals surface area contributed by atoms with E-state index in [-0.39, 0.29) is 31.3 Å². The highest BCUT2D eigenvalue weighted by atomic mass is 32.1. The van der Waals surface area contributed by atoms with Crippen LogP contribution in [0.1, 0.15) is 33.5 Å². The Labute approximate surface area is 162 Å². The third kappa shape index (κ3) is 7.22. The number of carbonyl (C=O) groups is 3. The molecule has 0 aliphatic heterocycles. The van der Waals surface area contributed by atoms with E-state index in [0.717, 1.165) is 16.2 Å². The third-order valence-electron chi connectivity index (χ3n) is 3.70. The second-order valence-electron chi connectivity index (χ2n) is 5.95. The van der Waals surface area contributed by atoms with Crippen LogP contribution in [-0.4, -0.2) is 37.4 Å². The van der Waals surface area contributed by atoms with Crippen LogP contribution in [0.2, 0.25) is 0 Å². The lowest BCUT2D eigenvalue weighted by Crippen LogP contribution is -2.22. The van der Waals surface area contributed by atoms with Gasteiger partial charge >= 0.3 is 5.97 Å². The maximum Gasteiger partial charge on any atom is 0.309 e. The van der Waals surface area contributed by atoms with Crippen molar-refractivity contribution in [1.29, 1.82) is 0 Å². The average Bonchev–Trinajstić information content (AvgIpc) is 3.10. The minimum Gasteiger partial charge on any atom is -0.493 e. The number of carbonyl (C=O) groups excluding carboxylic acids is 3. The molecule has 0 fully saturated rings. The Balaban J connectivity index is 1.68. The van der Waals surface area contributed by atoms with Crippen molar-refractivity contribution in [3.8, 4) is 5.75 Å². The van der Waals surface area contributed by atoms with Gasteiger partial charge in [0.2, 0.25) is 11.7 Å². The van der Waals surface area contributed by atoms with Gasteiger partial charge in [-0.1, -0.05) is 18.2 Å². The van der Waals surface area contributed by atoms with Crippen LogP contribution < -0.4 is 10.1 Å². The standard InChI is InChI=1S/C20H23NO5S/c1-14-5-3-4-6-18(14)25-12-10-20(24)26-13-17(23)19-8-7-16(27-19)9-11-21-15(2)22/h3-8H,9-13H2,1-2H3,(H,21,22). The molecule has 7 heteroatoms. The van der Waals surface area contributed by atoms with E-state index >= 15 is 0 Å². The molecule has 0 spiro atoms. The van der Waals surface area contributed by atoms with Crippen molar-refractivity contribution >= 4 is 29.0 Å². The Morgan fingerprint density at radius 3 is 2.63 bits per heavy atom. The number of hydrogen-bond acceptors (Lipinski definition) is 6. The van der Waals surface area contributed by atoms with E-state index in [2.05, 4.69) is 5.32 Å². The molecule has 0 unspecified atom stereocenters. The van der Waals surface area contributed by atoms with E-state index in [1.165, 1.54) is 18.3 Å². The number of para-hydroxylation sites is 1. The molecule has 0 saturated heterocycles. The van der Waals surface area contributed by atoms with Crippen LogP contribution in [0.15, 0.2) is 36.4 Å². The maximum atomic E-state index is 12.1. The van der Waals surface area contributed by atoms with Crippen molar-refractivity contribution < 1.29 is 23.9 Å². The van der Waals surface area contributed by atoms with Crippen molar-refractivity contribution in [3.63, 3.8) is 0 Å². The molecule has 1 aromatic heterocycles. The molecule has 27 heavy (non-hydrogen) atoms. The number of nitrogens with one attached hydrogen (secondary N) is 1. The highest BCUT2D eigenvalue weighted by Gasteiger charge is 2.13. The number of hydrogen-bond donors (Lipinski definition) is 1. The van der Waals surface area contributed by atoms with Crippen molar-refractivity contribution in [3.05, 3.63) is 51.7 Å². The molecule has 0 atom stereocenters. The number of benzene rings is 1. The van der Waals surface area contributed by atoms with Gasteiger partial charge in [0.15, 0.2) is 6.61 Å². The summed E-state index contributed by atoms with van der Waals surface area (Å²) in [5.74, 6) is -0.0637. The fourth-order valence-corrected chi connectivity index (χ4v) is 3.21. The first kappa shape index (κ1) is 20.6. The first-order chi connectivity index (χ1) is 13.0. The Bertz CT molecular complexity index is 799. The second-order valence-corrected chi connectivity index (χ2v) is 7.12. The summed E-state index contributed by atoms with van der Waals surface area (Å²) in [5.41, 5.74) is 0.994. The summed E-state index contributed by atoms with van der Waals surface area (Å²) in [6.45, 7) is 3.83. The summed E-state index contributed by atoms with van der Waals surface area (Å²) in [7, 11) is 0. The van der Waals surface area contributed by atoms with E-state index in [4.69, 9.17) is 9.47 Å². The molecule has 1 amide bonds. The van der Waals surface area contributed by atoms with Gasteiger partial charge in [0.25, 0.3) is 0 Å². The smallest absolute Gasteiger partial charge is 0.309 e. The van der Waals surface area contributed by atoms with Crippen LogP contribution in [0.25, 0.3) is 0 Å². The quantitative estimate of drug-likeness (QED) is 0.499. The molecule has 1 N–H and O–H groups in total. The van der Waals surface area contributed by atoms with E-state index in [1.807, 2.05) is 37.3 Å². The number of ketones is 1. The van der Waals surface area contributed by atoms with E-state index in [9.17, 15) is 14.4 Å². The molecular formula is C20H23NO5S. The number of aryl methyl sites for hydroxylation is 1. The van der Waals surface area contributed by atoms with Gasteiger partial charge in [0.05, 0.1) is 17.9 Å². The van der Waals surface area contributed by atoms with E-state index in [1.54, 1.807) is 6.07 Å². The van der Waals surface area contributed by atoms with Crippen molar-refractivity contribution in [2.24, 2.45) is 0 Å². The van der Waals surface area contributed by atoms with Crippen molar-refractivity contribution in [1.82, 2.24) is 5.32 Å². The lowest BCUT2D eigenvalue weighted by Gasteiger charge is -2.08. The van der Waals surface area contributed by atoms with E-state index < -0.39 is 5.97 Å². The van der Waals surface area contributed by atoms with Gasteiger partial charge in [0.1, 0.15) is 5.75 Å². The molecule has 1 heterocycles. The lowest BCUT2D eigenvalue weighted by atomic mass is 10.2. The molecule has 0 radical (unpaired) electrons. The average molecular weight is 389 g/mol. The van der Waals surface area contributed by atoms with Gasteiger partial charge < -0.3 is 14.8 Å². The molecule has 144 valence electrons. The minimum absolute atomic E-state index is 0.0774. The topological polar surface area (TPSA) is 81.7 Å². The summed E-state index contributed by atoms with van der Waals surface area (Å²) in [6, 6.07) is 11.1. The largest absolute Gasteiger partial charge is 0.493 e. The Kier molecular flexibility index (Phi) is 8.00. The SMILES string of the molecule is CC(=O)NCCc1ccc(C(=O)COC(=O)CCOc2ccccc2C)s1. The number of esters is 1. The fourth-order valence-electron chi connectivity index (χ4n) is 2.28. The number of rotatable bonds is 10. The monoisotopic (exact) mass is 389 g/mol. The van der Waals surface area contributed by atoms with E-state index in [0.29, 0.717) is 17.8 Å². The maximum absolute atomic E-state index is 12.1. The van der Waals surface area contributed by atoms with Gasteiger partial charge in [-0.2, -0.15) is 0 Å². The zero-order valence-electron chi connectivity index (χ0n) is 15.4. The summed E-state index contributed by atoms with van der Waals surface area (Å²) in [4.78, 5) is 36.3. The minimum atomic E-state index is -0.473. The molecule has 0 bridgehead atoms. The third-order valence-corrected chi connectivity index (χ3v) is 4.89. The second kappa shape index (κ2) is 10.5.